The number of carboxylic acid groups (broad SMARTS) is 1. The molecule has 6 heteroatoms. The quantitative estimate of drug-likeness (QED) is 0.872. The molecule has 1 heterocycles. The Bertz CT molecular complexity index is 611. The van der Waals surface area contributed by atoms with E-state index in [2.05, 4.69) is 5.32 Å². The molecule has 24 heavy (non-hydrogen) atoms. The molecule has 0 bridgehead atoms. The third kappa shape index (κ3) is 3.63. The van der Waals surface area contributed by atoms with Crippen LogP contribution >= 0.6 is 0 Å². The summed E-state index contributed by atoms with van der Waals surface area (Å²) in [4.78, 5) is 25.5. The van der Waals surface area contributed by atoms with E-state index in [1.807, 2.05) is 31.2 Å². The third-order valence-corrected chi connectivity index (χ3v) is 4.99. The van der Waals surface area contributed by atoms with Crippen molar-refractivity contribution in [1.82, 2.24) is 10.2 Å². The maximum atomic E-state index is 12.7. The normalized spacial score (nSPS) is 26.7. The average Bonchev–Trinajstić information content (AvgIpc) is 2.75. The van der Waals surface area contributed by atoms with Crippen molar-refractivity contribution in [3.8, 4) is 5.75 Å². The lowest BCUT2D eigenvalue weighted by Gasteiger charge is -2.31. The van der Waals surface area contributed by atoms with E-state index >= 15 is 0 Å². The third-order valence-electron chi connectivity index (χ3n) is 4.99. The number of nitrogens with zero attached hydrogens (tertiary/aromatic N) is 1. The van der Waals surface area contributed by atoms with Crippen LogP contribution in [0.1, 0.15) is 38.2 Å². The first-order chi connectivity index (χ1) is 11.5. The topological polar surface area (TPSA) is 78.9 Å². The Balaban J connectivity index is 1.61. The number of para-hydroxylation sites is 1. The molecule has 1 aromatic rings. The fraction of sp³-hybridized carbons (Fsp3) is 0.556. The number of ether oxygens (including phenoxy) is 1. The Morgan fingerprint density at radius 3 is 2.62 bits per heavy atom. The van der Waals surface area contributed by atoms with E-state index in [0.29, 0.717) is 26.0 Å². The van der Waals surface area contributed by atoms with Crippen LogP contribution < -0.4 is 10.1 Å². The van der Waals surface area contributed by atoms with Crippen molar-refractivity contribution in [2.24, 2.45) is 5.92 Å². The van der Waals surface area contributed by atoms with Gasteiger partial charge in [0.05, 0.1) is 18.5 Å². The van der Waals surface area contributed by atoms with Gasteiger partial charge in [-0.15, -0.1) is 0 Å². The maximum absolute atomic E-state index is 12.7. The van der Waals surface area contributed by atoms with Crippen LogP contribution in [0.15, 0.2) is 24.3 Å². The van der Waals surface area contributed by atoms with Crippen molar-refractivity contribution in [3.05, 3.63) is 29.8 Å². The van der Waals surface area contributed by atoms with Gasteiger partial charge in [-0.2, -0.15) is 0 Å². The molecule has 6 nitrogen and oxygen atoms in total. The number of aliphatic carboxylic acids is 1. The number of carbonyl (C=O) groups excluding carboxylic acids is 1. The molecular formula is C18H24N2O4. The van der Waals surface area contributed by atoms with Crippen LogP contribution in [-0.2, 0) is 11.3 Å². The molecule has 2 N–H and O–H groups in total. The molecule has 1 saturated carbocycles. The van der Waals surface area contributed by atoms with Crippen LogP contribution in [0, 0.1) is 5.92 Å². The summed E-state index contributed by atoms with van der Waals surface area (Å²) in [6.45, 7) is 2.97. The standard InChI is InChI=1S/C18H24N2O4/c1-12-11-24-16-5-3-2-4-14(16)10-20(12)18(23)19-15-8-6-13(7-9-15)17(21)22/h2-5,12-13,15H,6-11H2,1H3,(H,19,23)(H,21,22). The van der Waals surface area contributed by atoms with Crippen LogP contribution in [0.4, 0.5) is 4.79 Å². The van der Waals surface area contributed by atoms with E-state index in [9.17, 15) is 9.59 Å². The summed E-state index contributed by atoms with van der Waals surface area (Å²) in [6, 6.07) is 7.72. The van der Waals surface area contributed by atoms with E-state index in [4.69, 9.17) is 9.84 Å². The largest absolute Gasteiger partial charge is 0.491 e. The second kappa shape index (κ2) is 7.11. The van der Waals surface area contributed by atoms with Gasteiger partial charge in [0.1, 0.15) is 12.4 Å². The molecule has 2 amide bonds. The number of hydrogen-bond acceptors (Lipinski definition) is 3. The zero-order valence-electron chi connectivity index (χ0n) is 13.9. The molecule has 0 aromatic heterocycles. The maximum Gasteiger partial charge on any atom is 0.318 e. The van der Waals surface area contributed by atoms with Gasteiger partial charge in [-0.25, -0.2) is 4.79 Å². The van der Waals surface area contributed by atoms with E-state index in [0.717, 1.165) is 24.2 Å². The monoisotopic (exact) mass is 332 g/mol. The number of amides is 2. The van der Waals surface area contributed by atoms with Gasteiger partial charge in [-0.05, 0) is 38.7 Å². The average molecular weight is 332 g/mol. The Morgan fingerprint density at radius 2 is 1.92 bits per heavy atom. The predicted molar refractivity (Wildman–Crippen MR) is 88.9 cm³/mol. The molecule has 0 spiro atoms. The molecule has 1 aromatic carbocycles. The number of nitrogens with one attached hydrogen (secondary N) is 1. The second-order valence-electron chi connectivity index (χ2n) is 6.73. The van der Waals surface area contributed by atoms with Crippen molar-refractivity contribution in [1.29, 1.82) is 0 Å². The zero-order chi connectivity index (χ0) is 17.1. The van der Waals surface area contributed by atoms with Gasteiger partial charge in [0, 0.05) is 11.6 Å². The smallest absolute Gasteiger partial charge is 0.318 e. The molecule has 0 radical (unpaired) electrons. The van der Waals surface area contributed by atoms with Gasteiger partial charge in [0.25, 0.3) is 0 Å². The van der Waals surface area contributed by atoms with Crippen molar-refractivity contribution in [2.75, 3.05) is 6.61 Å². The Morgan fingerprint density at radius 1 is 1.21 bits per heavy atom. The lowest BCUT2D eigenvalue weighted by atomic mass is 9.86. The Kier molecular flexibility index (Phi) is 4.92. The van der Waals surface area contributed by atoms with Crippen molar-refractivity contribution >= 4 is 12.0 Å². The lowest BCUT2D eigenvalue weighted by molar-refractivity contribution is -0.142. The molecule has 130 valence electrons. The number of carbonyl (C=O) groups is 2. The minimum absolute atomic E-state index is 0.0206. The number of rotatable bonds is 2. The Hall–Kier alpha value is -2.24. The second-order valence-corrected chi connectivity index (χ2v) is 6.73. The number of fused-ring (bicyclic) bond motifs is 1. The fourth-order valence-electron chi connectivity index (χ4n) is 3.43. The summed E-state index contributed by atoms with van der Waals surface area (Å²) >= 11 is 0. The highest BCUT2D eigenvalue weighted by Crippen LogP contribution is 2.27. The van der Waals surface area contributed by atoms with E-state index in [1.54, 1.807) is 4.90 Å². The fourth-order valence-corrected chi connectivity index (χ4v) is 3.43. The SMILES string of the molecule is CC1COc2ccccc2CN1C(=O)NC1CCC(C(=O)O)CC1. The minimum atomic E-state index is -0.727. The van der Waals surface area contributed by atoms with Gasteiger partial charge >= 0.3 is 12.0 Å². The summed E-state index contributed by atoms with van der Waals surface area (Å²) in [5, 5.41) is 12.1. The predicted octanol–water partition coefficient (Wildman–Crippen LogP) is 2.62. The minimum Gasteiger partial charge on any atom is -0.491 e. The van der Waals surface area contributed by atoms with E-state index < -0.39 is 5.97 Å². The van der Waals surface area contributed by atoms with Crippen LogP contribution in [-0.4, -0.2) is 40.7 Å². The number of benzene rings is 1. The summed E-state index contributed by atoms with van der Waals surface area (Å²) in [5.74, 6) is -0.160. The van der Waals surface area contributed by atoms with Gasteiger partial charge < -0.3 is 20.1 Å². The van der Waals surface area contributed by atoms with Crippen LogP contribution in [0.2, 0.25) is 0 Å². The highest BCUT2D eigenvalue weighted by Gasteiger charge is 2.30. The summed E-state index contributed by atoms with van der Waals surface area (Å²) in [5.41, 5.74) is 1.01. The van der Waals surface area contributed by atoms with Crippen LogP contribution in [0.3, 0.4) is 0 Å². The van der Waals surface area contributed by atoms with Gasteiger partial charge in [0.15, 0.2) is 0 Å². The highest BCUT2D eigenvalue weighted by atomic mass is 16.5. The molecule has 1 unspecified atom stereocenters. The highest BCUT2D eigenvalue weighted by molar-refractivity contribution is 5.75. The lowest BCUT2D eigenvalue weighted by Crippen LogP contribution is -2.49. The van der Waals surface area contributed by atoms with E-state index in [1.165, 1.54) is 0 Å². The molecule has 1 aliphatic carbocycles. The molecule has 1 aliphatic heterocycles. The first kappa shape index (κ1) is 16.6. The summed E-state index contributed by atoms with van der Waals surface area (Å²) in [7, 11) is 0. The number of hydrogen-bond donors (Lipinski definition) is 2. The zero-order valence-corrected chi connectivity index (χ0v) is 13.9. The van der Waals surface area contributed by atoms with Crippen molar-refractivity contribution in [3.63, 3.8) is 0 Å². The van der Waals surface area contributed by atoms with Crippen LogP contribution in [0.25, 0.3) is 0 Å². The van der Waals surface area contributed by atoms with Gasteiger partial charge in [0.2, 0.25) is 0 Å². The van der Waals surface area contributed by atoms with Crippen molar-refractivity contribution < 1.29 is 19.4 Å². The number of carboxylic acids is 1. The first-order valence-electron chi connectivity index (χ1n) is 8.55. The molecule has 1 atom stereocenters. The summed E-state index contributed by atoms with van der Waals surface area (Å²) in [6.07, 6.45) is 2.69. The van der Waals surface area contributed by atoms with Crippen LogP contribution in [0.5, 0.6) is 5.75 Å². The summed E-state index contributed by atoms with van der Waals surface area (Å²) < 4.78 is 5.78. The first-order valence-corrected chi connectivity index (χ1v) is 8.55. The van der Waals surface area contributed by atoms with Gasteiger partial charge in [-0.1, -0.05) is 18.2 Å². The molecular weight excluding hydrogens is 308 g/mol. The Labute approximate surface area is 141 Å². The number of urea groups is 1. The molecule has 3 rings (SSSR count). The van der Waals surface area contributed by atoms with Crippen molar-refractivity contribution in [2.45, 2.75) is 51.2 Å². The molecule has 1 fully saturated rings. The molecule has 2 aliphatic rings. The molecule has 0 saturated heterocycles. The van der Waals surface area contributed by atoms with Gasteiger partial charge in [-0.3, -0.25) is 4.79 Å². The van der Waals surface area contributed by atoms with E-state index in [-0.39, 0.29) is 24.0 Å².